The van der Waals surface area contributed by atoms with Gasteiger partial charge in [-0.05, 0) is 64.0 Å². The summed E-state index contributed by atoms with van der Waals surface area (Å²) in [5.41, 5.74) is 0.0149. The zero-order chi connectivity index (χ0) is 14.0. The van der Waals surface area contributed by atoms with E-state index >= 15 is 0 Å². The third kappa shape index (κ3) is 2.77. The molecule has 0 aromatic heterocycles. The summed E-state index contributed by atoms with van der Waals surface area (Å²) in [6, 6.07) is 1.57. The molecule has 3 fully saturated rings. The molecule has 0 aromatic rings. The van der Waals surface area contributed by atoms with Crippen molar-refractivity contribution in [1.29, 1.82) is 0 Å². The topological polar surface area (TPSA) is 35.5 Å². The number of nitrogens with zero attached hydrogens (tertiary/aromatic N) is 1. The molecule has 4 unspecified atom stereocenters. The van der Waals surface area contributed by atoms with Crippen molar-refractivity contribution in [2.75, 3.05) is 19.7 Å². The molecule has 4 atom stereocenters. The highest BCUT2D eigenvalue weighted by Crippen LogP contribution is 2.41. The van der Waals surface area contributed by atoms with Crippen LogP contribution < -0.4 is 5.32 Å². The summed E-state index contributed by atoms with van der Waals surface area (Å²) in [7, 11) is 0. The van der Waals surface area contributed by atoms with Gasteiger partial charge in [0.2, 0.25) is 0 Å². The van der Waals surface area contributed by atoms with Crippen LogP contribution in [0.2, 0.25) is 0 Å². The first-order valence-corrected chi connectivity index (χ1v) is 8.89. The minimum Gasteiger partial charge on any atom is -0.394 e. The lowest BCUT2D eigenvalue weighted by atomic mass is 9.77. The lowest BCUT2D eigenvalue weighted by Gasteiger charge is -2.47. The van der Waals surface area contributed by atoms with Gasteiger partial charge in [-0.25, -0.2) is 0 Å². The highest BCUT2D eigenvalue weighted by molar-refractivity contribution is 5.02. The Hall–Kier alpha value is -0.120. The summed E-state index contributed by atoms with van der Waals surface area (Å²) >= 11 is 0. The predicted molar refractivity (Wildman–Crippen MR) is 82.8 cm³/mol. The van der Waals surface area contributed by atoms with E-state index in [4.69, 9.17) is 0 Å². The molecule has 0 spiro atoms. The zero-order valence-electron chi connectivity index (χ0n) is 13.1. The van der Waals surface area contributed by atoms with Crippen molar-refractivity contribution in [3.63, 3.8) is 0 Å². The smallest absolute Gasteiger partial charge is 0.0613 e. The first-order chi connectivity index (χ1) is 9.78. The number of piperidine rings is 1. The van der Waals surface area contributed by atoms with E-state index in [2.05, 4.69) is 17.1 Å². The van der Waals surface area contributed by atoms with Crippen LogP contribution in [0.3, 0.4) is 0 Å². The molecular formula is C17H32N2O. The molecule has 3 aliphatic rings. The van der Waals surface area contributed by atoms with Crippen LogP contribution in [0.1, 0.15) is 64.7 Å². The van der Waals surface area contributed by atoms with E-state index in [1.54, 1.807) is 0 Å². The van der Waals surface area contributed by atoms with Crippen LogP contribution >= 0.6 is 0 Å². The number of likely N-dealkylation sites (tertiary alicyclic amines) is 1. The maximum absolute atomic E-state index is 9.82. The van der Waals surface area contributed by atoms with Crippen LogP contribution in [0.15, 0.2) is 0 Å². The van der Waals surface area contributed by atoms with Gasteiger partial charge in [-0.15, -0.1) is 0 Å². The highest BCUT2D eigenvalue weighted by atomic mass is 16.3. The van der Waals surface area contributed by atoms with Gasteiger partial charge < -0.3 is 10.4 Å². The maximum Gasteiger partial charge on any atom is 0.0613 e. The molecule has 1 heterocycles. The predicted octanol–water partition coefficient (Wildman–Crippen LogP) is 2.53. The summed E-state index contributed by atoms with van der Waals surface area (Å²) in [5.74, 6) is 0.973. The Morgan fingerprint density at radius 2 is 1.95 bits per heavy atom. The van der Waals surface area contributed by atoms with E-state index in [-0.39, 0.29) is 5.54 Å². The molecule has 0 radical (unpaired) electrons. The van der Waals surface area contributed by atoms with Gasteiger partial charge in [0.1, 0.15) is 0 Å². The minimum absolute atomic E-state index is 0.0149. The first kappa shape index (κ1) is 14.8. The second kappa shape index (κ2) is 6.33. The van der Waals surface area contributed by atoms with Crippen molar-refractivity contribution >= 4 is 0 Å². The van der Waals surface area contributed by atoms with Gasteiger partial charge in [-0.2, -0.15) is 0 Å². The second-order valence-electron chi connectivity index (χ2n) is 7.36. The maximum atomic E-state index is 9.82. The van der Waals surface area contributed by atoms with Gasteiger partial charge in [-0.1, -0.05) is 19.8 Å². The molecule has 2 N–H and O–H groups in total. The van der Waals surface area contributed by atoms with Crippen LogP contribution in [-0.4, -0.2) is 47.3 Å². The molecular weight excluding hydrogens is 248 g/mol. The van der Waals surface area contributed by atoms with Crippen LogP contribution in [0.25, 0.3) is 0 Å². The Labute approximate surface area is 124 Å². The number of nitrogens with one attached hydrogen (secondary N) is 1. The molecule has 0 aromatic carbocycles. The molecule has 1 aliphatic heterocycles. The van der Waals surface area contributed by atoms with Gasteiger partial charge in [0.05, 0.1) is 6.61 Å². The second-order valence-corrected chi connectivity index (χ2v) is 7.36. The fraction of sp³-hybridized carbons (Fsp3) is 1.00. The summed E-state index contributed by atoms with van der Waals surface area (Å²) in [5, 5.41) is 13.4. The van der Waals surface area contributed by atoms with Gasteiger partial charge in [-0.3, -0.25) is 4.90 Å². The van der Waals surface area contributed by atoms with Crippen LogP contribution in [0.5, 0.6) is 0 Å². The van der Waals surface area contributed by atoms with Gasteiger partial charge in [0.25, 0.3) is 0 Å². The van der Waals surface area contributed by atoms with Crippen LogP contribution in [0.4, 0.5) is 0 Å². The molecule has 2 aliphatic carbocycles. The summed E-state index contributed by atoms with van der Waals surface area (Å²) in [4.78, 5) is 2.85. The summed E-state index contributed by atoms with van der Waals surface area (Å²) in [6.45, 7) is 4.74. The van der Waals surface area contributed by atoms with Gasteiger partial charge in [0, 0.05) is 17.6 Å². The average Bonchev–Trinajstić information content (AvgIpc) is 2.92. The Balaban J connectivity index is 1.66. The lowest BCUT2D eigenvalue weighted by molar-refractivity contribution is 0.0231. The molecule has 2 saturated carbocycles. The SMILES string of the molecule is CCNC1(CO)CCC(N2CCCC3CCCCC32)C1. The molecule has 3 heteroatoms. The fourth-order valence-corrected chi connectivity index (χ4v) is 5.23. The minimum atomic E-state index is 0.0149. The average molecular weight is 280 g/mol. The van der Waals surface area contributed by atoms with Gasteiger partial charge in [0.15, 0.2) is 0 Å². The van der Waals surface area contributed by atoms with E-state index < -0.39 is 0 Å². The van der Waals surface area contributed by atoms with Crippen molar-refractivity contribution in [3.8, 4) is 0 Å². The highest BCUT2D eigenvalue weighted by Gasteiger charge is 2.44. The molecule has 0 bridgehead atoms. The van der Waals surface area contributed by atoms with Crippen LogP contribution in [-0.2, 0) is 0 Å². The number of fused-ring (bicyclic) bond motifs is 1. The third-order valence-corrected chi connectivity index (χ3v) is 6.19. The van der Waals surface area contributed by atoms with Crippen molar-refractivity contribution < 1.29 is 5.11 Å². The van der Waals surface area contributed by atoms with E-state index in [9.17, 15) is 5.11 Å². The Morgan fingerprint density at radius 3 is 2.75 bits per heavy atom. The number of aliphatic hydroxyl groups excluding tert-OH is 1. The number of aliphatic hydroxyl groups is 1. The van der Waals surface area contributed by atoms with Crippen molar-refractivity contribution in [2.24, 2.45) is 5.92 Å². The molecule has 3 nitrogen and oxygen atoms in total. The molecule has 3 rings (SSSR count). The summed E-state index contributed by atoms with van der Waals surface area (Å²) in [6.07, 6.45) is 12.2. The van der Waals surface area contributed by atoms with Crippen molar-refractivity contribution in [1.82, 2.24) is 10.2 Å². The Morgan fingerprint density at radius 1 is 1.15 bits per heavy atom. The first-order valence-electron chi connectivity index (χ1n) is 8.89. The lowest BCUT2D eigenvalue weighted by Crippen LogP contribution is -2.53. The van der Waals surface area contributed by atoms with E-state index in [1.807, 2.05) is 0 Å². The standard InChI is InChI=1S/C17H32N2O/c1-2-18-17(13-20)10-9-15(12-17)19-11-5-7-14-6-3-4-8-16(14)19/h14-16,18,20H,2-13H2,1H3. The molecule has 116 valence electrons. The number of rotatable bonds is 4. The number of hydrogen-bond donors (Lipinski definition) is 2. The third-order valence-electron chi connectivity index (χ3n) is 6.19. The van der Waals surface area contributed by atoms with Gasteiger partial charge >= 0.3 is 0 Å². The molecule has 0 amide bonds. The summed E-state index contributed by atoms with van der Waals surface area (Å²) < 4.78 is 0. The zero-order valence-corrected chi connectivity index (χ0v) is 13.1. The van der Waals surface area contributed by atoms with Crippen LogP contribution in [0, 0.1) is 5.92 Å². The Kier molecular flexibility index (Phi) is 4.68. The Bertz CT molecular complexity index is 320. The largest absolute Gasteiger partial charge is 0.394 e. The monoisotopic (exact) mass is 280 g/mol. The van der Waals surface area contributed by atoms with E-state index in [0.717, 1.165) is 31.3 Å². The molecule has 1 saturated heterocycles. The molecule has 20 heavy (non-hydrogen) atoms. The van der Waals surface area contributed by atoms with Crippen molar-refractivity contribution in [3.05, 3.63) is 0 Å². The number of hydrogen-bond acceptors (Lipinski definition) is 3. The normalized spacial score (nSPS) is 42.6. The van der Waals surface area contributed by atoms with Crippen molar-refractivity contribution in [2.45, 2.75) is 82.3 Å². The van der Waals surface area contributed by atoms with E-state index in [1.165, 1.54) is 51.5 Å². The number of likely N-dealkylation sites (N-methyl/N-ethyl adjacent to an activating group) is 1. The fourth-order valence-electron chi connectivity index (χ4n) is 5.23. The van der Waals surface area contributed by atoms with E-state index in [0.29, 0.717) is 12.6 Å². The quantitative estimate of drug-likeness (QED) is 0.831.